The van der Waals surface area contributed by atoms with E-state index in [0.717, 1.165) is 31.5 Å². The van der Waals surface area contributed by atoms with Crippen LogP contribution in [0.3, 0.4) is 0 Å². The molecule has 0 spiro atoms. The summed E-state index contributed by atoms with van der Waals surface area (Å²) in [6.45, 7) is 4.84. The minimum atomic E-state index is -0.492. The molecule has 1 N–H and O–H groups in total. The number of hydrogen-bond donors (Lipinski definition) is 1. The summed E-state index contributed by atoms with van der Waals surface area (Å²) in [4.78, 5) is 27.3. The van der Waals surface area contributed by atoms with Gasteiger partial charge in [-0.25, -0.2) is 4.39 Å². The topological polar surface area (TPSA) is 52.7 Å². The first-order chi connectivity index (χ1) is 11.0. The lowest BCUT2D eigenvalue weighted by molar-refractivity contribution is -0.153. The van der Waals surface area contributed by atoms with Crippen molar-refractivity contribution in [2.45, 2.75) is 31.8 Å². The van der Waals surface area contributed by atoms with Crippen LogP contribution in [0, 0.1) is 5.82 Å². The molecule has 6 heteroatoms. The number of benzene rings is 1. The Morgan fingerprint density at radius 2 is 2.17 bits per heavy atom. The number of aryl methyl sites for hydroxylation is 1. The maximum Gasteiger partial charge on any atom is 0.312 e. The quantitative estimate of drug-likeness (QED) is 0.835. The van der Waals surface area contributed by atoms with Gasteiger partial charge in [0.05, 0.1) is 6.04 Å². The summed E-state index contributed by atoms with van der Waals surface area (Å²) in [5, 5.41) is 2.66. The number of fused-ring (bicyclic) bond motifs is 1. The van der Waals surface area contributed by atoms with Crippen LogP contribution in [-0.4, -0.2) is 59.9 Å². The molecular formula is C17H22FN3O2. The van der Waals surface area contributed by atoms with E-state index in [-0.39, 0.29) is 11.9 Å². The first-order valence-electron chi connectivity index (χ1n) is 8.12. The summed E-state index contributed by atoms with van der Waals surface area (Å²) in [5.41, 5.74) is 1.01. The van der Waals surface area contributed by atoms with E-state index in [1.54, 1.807) is 17.0 Å². The fraction of sp³-hybridized carbons (Fsp3) is 0.529. The van der Waals surface area contributed by atoms with Crippen molar-refractivity contribution in [3.63, 3.8) is 0 Å². The lowest BCUT2D eigenvalue weighted by Crippen LogP contribution is -2.66. The van der Waals surface area contributed by atoms with Crippen LogP contribution in [0.2, 0.25) is 0 Å². The summed E-state index contributed by atoms with van der Waals surface area (Å²) in [6.07, 6.45) is 1.77. The Morgan fingerprint density at radius 1 is 1.35 bits per heavy atom. The van der Waals surface area contributed by atoms with Gasteiger partial charge in [-0.1, -0.05) is 12.1 Å². The van der Waals surface area contributed by atoms with Crippen LogP contribution >= 0.6 is 0 Å². The van der Waals surface area contributed by atoms with E-state index in [4.69, 9.17) is 0 Å². The molecule has 2 saturated heterocycles. The molecule has 2 fully saturated rings. The Balaban J connectivity index is 1.54. The standard InChI is InChI=1S/C17H22FN3O2/c1-12(5-6-13-3-2-4-14(18)9-13)20-7-8-21-15(11-20)10-19-16(22)17(21)23/h2-4,9,12,15H,5-8,10-11H2,1H3,(H,19,22). The van der Waals surface area contributed by atoms with Crippen LogP contribution < -0.4 is 5.32 Å². The van der Waals surface area contributed by atoms with E-state index in [1.807, 2.05) is 6.07 Å². The lowest BCUT2D eigenvalue weighted by Gasteiger charge is -2.45. The molecule has 2 atom stereocenters. The molecule has 2 aliphatic heterocycles. The zero-order valence-corrected chi connectivity index (χ0v) is 13.3. The van der Waals surface area contributed by atoms with E-state index in [1.165, 1.54) is 6.07 Å². The number of amides is 2. The van der Waals surface area contributed by atoms with Crippen LogP contribution in [0.25, 0.3) is 0 Å². The van der Waals surface area contributed by atoms with Gasteiger partial charge >= 0.3 is 11.8 Å². The molecule has 1 aromatic carbocycles. The number of nitrogens with one attached hydrogen (secondary N) is 1. The highest BCUT2D eigenvalue weighted by Gasteiger charge is 2.38. The zero-order chi connectivity index (χ0) is 16.4. The second-order valence-corrected chi connectivity index (χ2v) is 6.37. The smallest absolute Gasteiger partial charge is 0.312 e. The fourth-order valence-corrected chi connectivity index (χ4v) is 3.39. The van der Waals surface area contributed by atoms with Gasteiger partial charge in [0.2, 0.25) is 0 Å². The Hall–Kier alpha value is -1.95. The molecule has 0 bridgehead atoms. The molecule has 3 rings (SSSR count). The predicted octanol–water partition coefficient (Wildman–Crippen LogP) is 0.789. The average Bonchev–Trinajstić information content (AvgIpc) is 2.56. The molecule has 2 aliphatic rings. The first-order valence-corrected chi connectivity index (χ1v) is 8.12. The Bertz CT molecular complexity index is 607. The second kappa shape index (κ2) is 6.66. The highest BCUT2D eigenvalue weighted by atomic mass is 19.1. The monoisotopic (exact) mass is 319 g/mol. The Labute approximate surface area is 135 Å². The fourth-order valence-electron chi connectivity index (χ4n) is 3.39. The lowest BCUT2D eigenvalue weighted by atomic mass is 10.0. The van der Waals surface area contributed by atoms with E-state index in [0.29, 0.717) is 19.1 Å². The van der Waals surface area contributed by atoms with Crippen LogP contribution in [0.1, 0.15) is 18.9 Å². The van der Waals surface area contributed by atoms with Crippen molar-refractivity contribution >= 4 is 11.8 Å². The van der Waals surface area contributed by atoms with Crippen molar-refractivity contribution in [2.24, 2.45) is 0 Å². The molecule has 2 heterocycles. The van der Waals surface area contributed by atoms with Crippen molar-refractivity contribution in [1.29, 1.82) is 0 Å². The molecule has 5 nitrogen and oxygen atoms in total. The normalized spacial score (nSPS) is 23.4. The minimum Gasteiger partial charge on any atom is -0.346 e. The number of rotatable bonds is 4. The third-order valence-electron chi connectivity index (χ3n) is 4.83. The molecule has 0 saturated carbocycles. The first kappa shape index (κ1) is 15.9. The number of carbonyl (C=O) groups excluding carboxylic acids is 2. The largest absolute Gasteiger partial charge is 0.346 e. The molecule has 1 aromatic rings. The van der Waals surface area contributed by atoms with Gasteiger partial charge in [0, 0.05) is 32.2 Å². The van der Waals surface area contributed by atoms with Crippen LogP contribution in [0.15, 0.2) is 24.3 Å². The molecule has 2 amide bonds. The molecule has 0 aromatic heterocycles. The average molecular weight is 319 g/mol. The summed E-state index contributed by atoms with van der Waals surface area (Å²) in [6, 6.07) is 7.15. The van der Waals surface area contributed by atoms with Gasteiger partial charge in [0.25, 0.3) is 0 Å². The van der Waals surface area contributed by atoms with Crippen LogP contribution in [0.5, 0.6) is 0 Å². The van der Waals surface area contributed by atoms with Gasteiger partial charge in [-0.3, -0.25) is 14.5 Å². The third kappa shape index (κ3) is 3.52. The van der Waals surface area contributed by atoms with Crippen LogP contribution in [-0.2, 0) is 16.0 Å². The third-order valence-corrected chi connectivity index (χ3v) is 4.83. The zero-order valence-electron chi connectivity index (χ0n) is 13.3. The molecule has 23 heavy (non-hydrogen) atoms. The van der Waals surface area contributed by atoms with Crippen molar-refractivity contribution < 1.29 is 14.0 Å². The van der Waals surface area contributed by atoms with Gasteiger partial charge in [-0.15, -0.1) is 0 Å². The number of hydrogen-bond acceptors (Lipinski definition) is 3. The van der Waals surface area contributed by atoms with Gasteiger partial charge in [-0.05, 0) is 37.5 Å². The molecule has 2 unspecified atom stereocenters. The highest BCUT2D eigenvalue weighted by Crippen LogP contribution is 2.18. The summed E-state index contributed by atoms with van der Waals surface area (Å²) in [7, 11) is 0. The molecule has 0 radical (unpaired) electrons. The maximum atomic E-state index is 13.2. The van der Waals surface area contributed by atoms with Gasteiger partial charge in [-0.2, -0.15) is 0 Å². The second-order valence-electron chi connectivity index (χ2n) is 6.37. The number of halogens is 1. The van der Waals surface area contributed by atoms with Gasteiger partial charge in [0.15, 0.2) is 0 Å². The van der Waals surface area contributed by atoms with Crippen molar-refractivity contribution in [1.82, 2.24) is 15.1 Å². The van der Waals surface area contributed by atoms with E-state index in [2.05, 4.69) is 17.1 Å². The van der Waals surface area contributed by atoms with Crippen molar-refractivity contribution in [3.05, 3.63) is 35.6 Å². The van der Waals surface area contributed by atoms with Gasteiger partial charge in [0.1, 0.15) is 5.82 Å². The Morgan fingerprint density at radius 3 is 2.96 bits per heavy atom. The van der Waals surface area contributed by atoms with Gasteiger partial charge < -0.3 is 10.2 Å². The predicted molar refractivity (Wildman–Crippen MR) is 84.3 cm³/mol. The number of carbonyl (C=O) groups is 2. The summed E-state index contributed by atoms with van der Waals surface area (Å²) in [5.74, 6) is -1.10. The highest BCUT2D eigenvalue weighted by molar-refractivity contribution is 6.35. The van der Waals surface area contributed by atoms with Crippen LogP contribution in [0.4, 0.5) is 4.39 Å². The number of nitrogens with zero attached hydrogens (tertiary/aromatic N) is 2. The molecular weight excluding hydrogens is 297 g/mol. The van der Waals surface area contributed by atoms with Crippen molar-refractivity contribution in [2.75, 3.05) is 26.2 Å². The van der Waals surface area contributed by atoms with E-state index in [9.17, 15) is 14.0 Å². The number of piperazine rings is 2. The Kier molecular flexibility index (Phi) is 4.61. The van der Waals surface area contributed by atoms with Crippen molar-refractivity contribution in [3.8, 4) is 0 Å². The molecule has 0 aliphatic carbocycles. The van der Waals surface area contributed by atoms with E-state index < -0.39 is 11.8 Å². The SMILES string of the molecule is CC(CCc1cccc(F)c1)N1CCN2C(=O)C(=O)NCC2C1. The summed E-state index contributed by atoms with van der Waals surface area (Å²) < 4.78 is 13.2. The van der Waals surface area contributed by atoms with E-state index >= 15 is 0 Å². The minimum absolute atomic E-state index is 0.0607. The maximum absolute atomic E-state index is 13.2. The summed E-state index contributed by atoms with van der Waals surface area (Å²) >= 11 is 0. The molecule has 124 valence electrons.